The lowest BCUT2D eigenvalue weighted by Gasteiger charge is -2.11. The summed E-state index contributed by atoms with van der Waals surface area (Å²) in [7, 11) is -3.19. The molecule has 1 aromatic carbocycles. The van der Waals surface area contributed by atoms with Crippen LogP contribution >= 0.6 is 15.9 Å². The summed E-state index contributed by atoms with van der Waals surface area (Å²) >= 11 is 3.39. The summed E-state index contributed by atoms with van der Waals surface area (Å²) in [6.45, 7) is 4.41. The highest BCUT2D eigenvalue weighted by Crippen LogP contribution is 2.27. The fourth-order valence-electron chi connectivity index (χ4n) is 1.44. The van der Waals surface area contributed by atoms with Crippen LogP contribution in [0, 0.1) is 6.92 Å². The lowest BCUT2D eigenvalue weighted by molar-refractivity contribution is 0.584. The molecular weight excluding hydrogens is 318 g/mol. The summed E-state index contributed by atoms with van der Waals surface area (Å²) in [6.07, 6.45) is 0. The van der Waals surface area contributed by atoms with Crippen LogP contribution in [0.15, 0.2) is 16.6 Å². The molecule has 0 radical (unpaired) electrons. The van der Waals surface area contributed by atoms with Gasteiger partial charge < -0.3 is 11.1 Å². The zero-order valence-electron chi connectivity index (χ0n) is 10.5. The number of halogens is 1. The molecule has 0 aliphatic heterocycles. The van der Waals surface area contributed by atoms with Crippen molar-refractivity contribution in [1.82, 2.24) is 4.72 Å². The van der Waals surface area contributed by atoms with E-state index in [1.165, 1.54) is 0 Å². The second-order valence-electron chi connectivity index (χ2n) is 3.93. The third kappa shape index (κ3) is 4.47. The molecule has 102 valence electrons. The lowest BCUT2D eigenvalue weighted by Crippen LogP contribution is -2.29. The van der Waals surface area contributed by atoms with Crippen molar-refractivity contribution in [2.45, 2.75) is 13.8 Å². The number of hydrogen-bond acceptors (Lipinski definition) is 4. The zero-order valence-corrected chi connectivity index (χ0v) is 12.9. The van der Waals surface area contributed by atoms with Crippen LogP contribution in [-0.2, 0) is 10.0 Å². The molecule has 0 atom stereocenters. The maximum Gasteiger partial charge on any atom is 0.213 e. The molecule has 1 aromatic rings. The van der Waals surface area contributed by atoms with Gasteiger partial charge in [0, 0.05) is 28.9 Å². The first-order valence-corrected chi connectivity index (χ1v) is 8.07. The van der Waals surface area contributed by atoms with E-state index in [0.717, 1.165) is 15.7 Å². The number of nitrogen functional groups attached to an aromatic ring is 1. The standard InChI is InChI=1S/C11H18BrN3O2S/c1-3-15-18(16,17)5-4-14-11-6-8(2)10(13)7-9(11)12/h6-7,14-15H,3-5,13H2,1-2H3. The summed E-state index contributed by atoms with van der Waals surface area (Å²) < 4.78 is 26.2. The number of rotatable bonds is 6. The zero-order chi connectivity index (χ0) is 13.8. The van der Waals surface area contributed by atoms with E-state index < -0.39 is 10.0 Å². The molecule has 0 fully saturated rings. The van der Waals surface area contributed by atoms with Crippen LogP contribution < -0.4 is 15.8 Å². The van der Waals surface area contributed by atoms with Gasteiger partial charge >= 0.3 is 0 Å². The number of benzene rings is 1. The minimum Gasteiger partial charge on any atom is -0.398 e. The highest BCUT2D eigenvalue weighted by molar-refractivity contribution is 9.10. The van der Waals surface area contributed by atoms with Gasteiger partial charge in [-0.15, -0.1) is 0 Å². The van der Waals surface area contributed by atoms with Gasteiger partial charge in [0.05, 0.1) is 5.75 Å². The summed E-state index contributed by atoms with van der Waals surface area (Å²) in [5.74, 6) is 0.0384. The van der Waals surface area contributed by atoms with E-state index in [2.05, 4.69) is 26.0 Å². The van der Waals surface area contributed by atoms with Crippen LogP contribution in [0.5, 0.6) is 0 Å². The van der Waals surface area contributed by atoms with Crippen molar-refractivity contribution in [2.75, 3.05) is 29.9 Å². The van der Waals surface area contributed by atoms with Crippen LogP contribution in [0.25, 0.3) is 0 Å². The van der Waals surface area contributed by atoms with Gasteiger partial charge in [-0.05, 0) is 40.5 Å². The minimum atomic E-state index is -3.19. The van der Waals surface area contributed by atoms with E-state index in [9.17, 15) is 8.42 Å². The number of anilines is 2. The molecule has 0 aliphatic carbocycles. The summed E-state index contributed by atoms with van der Waals surface area (Å²) in [4.78, 5) is 0. The maximum atomic E-state index is 11.4. The van der Waals surface area contributed by atoms with E-state index >= 15 is 0 Å². The monoisotopic (exact) mass is 335 g/mol. The topological polar surface area (TPSA) is 84.2 Å². The highest BCUT2D eigenvalue weighted by atomic mass is 79.9. The Morgan fingerprint density at radius 3 is 2.67 bits per heavy atom. The van der Waals surface area contributed by atoms with Crippen molar-refractivity contribution in [2.24, 2.45) is 0 Å². The first-order valence-electron chi connectivity index (χ1n) is 5.62. The molecule has 0 aromatic heterocycles. The first kappa shape index (κ1) is 15.3. The third-order valence-electron chi connectivity index (χ3n) is 2.41. The maximum absolute atomic E-state index is 11.4. The quantitative estimate of drug-likeness (QED) is 0.690. The van der Waals surface area contributed by atoms with Crippen LogP contribution in [0.3, 0.4) is 0 Å². The first-order chi connectivity index (χ1) is 8.35. The molecule has 0 saturated carbocycles. The number of nitrogens with one attached hydrogen (secondary N) is 2. The Labute approximate surface area is 116 Å². The largest absolute Gasteiger partial charge is 0.398 e. The van der Waals surface area contributed by atoms with Gasteiger partial charge in [0.2, 0.25) is 10.0 Å². The molecular formula is C11H18BrN3O2S. The van der Waals surface area contributed by atoms with Gasteiger partial charge in [-0.2, -0.15) is 0 Å². The van der Waals surface area contributed by atoms with Crippen LogP contribution in [-0.4, -0.2) is 27.3 Å². The average molecular weight is 336 g/mol. The summed E-state index contributed by atoms with van der Waals surface area (Å²) in [5, 5.41) is 3.07. The molecule has 0 saturated heterocycles. The molecule has 0 amide bonds. The van der Waals surface area contributed by atoms with Crippen molar-refractivity contribution in [1.29, 1.82) is 0 Å². The van der Waals surface area contributed by atoms with Gasteiger partial charge in [-0.25, -0.2) is 13.1 Å². The van der Waals surface area contributed by atoms with Crippen molar-refractivity contribution in [3.63, 3.8) is 0 Å². The van der Waals surface area contributed by atoms with E-state index in [1.54, 1.807) is 13.0 Å². The molecule has 0 bridgehead atoms. The van der Waals surface area contributed by atoms with Crippen molar-refractivity contribution in [3.8, 4) is 0 Å². The van der Waals surface area contributed by atoms with E-state index in [1.807, 2.05) is 13.0 Å². The Balaban J connectivity index is 2.62. The predicted octanol–water partition coefficient (Wildman–Crippen LogP) is 1.69. The van der Waals surface area contributed by atoms with E-state index in [4.69, 9.17) is 5.73 Å². The molecule has 7 heteroatoms. The summed E-state index contributed by atoms with van der Waals surface area (Å²) in [5.41, 5.74) is 8.26. The second-order valence-corrected chi connectivity index (χ2v) is 6.71. The fourth-order valence-corrected chi connectivity index (χ4v) is 2.90. The second kappa shape index (κ2) is 6.40. The fraction of sp³-hybridized carbons (Fsp3) is 0.455. The predicted molar refractivity (Wildman–Crippen MR) is 79.2 cm³/mol. The lowest BCUT2D eigenvalue weighted by atomic mass is 10.2. The smallest absolute Gasteiger partial charge is 0.213 e. The van der Waals surface area contributed by atoms with Crippen molar-refractivity contribution >= 4 is 37.3 Å². The third-order valence-corrected chi connectivity index (χ3v) is 4.53. The van der Waals surface area contributed by atoms with Gasteiger partial charge in [-0.1, -0.05) is 6.92 Å². The molecule has 0 aliphatic rings. The van der Waals surface area contributed by atoms with Crippen LogP contribution in [0.4, 0.5) is 11.4 Å². The van der Waals surface area contributed by atoms with Crippen LogP contribution in [0.2, 0.25) is 0 Å². The number of hydrogen-bond donors (Lipinski definition) is 3. The molecule has 18 heavy (non-hydrogen) atoms. The van der Waals surface area contributed by atoms with Crippen molar-refractivity contribution in [3.05, 3.63) is 22.2 Å². The van der Waals surface area contributed by atoms with Gasteiger partial charge in [0.15, 0.2) is 0 Å². The van der Waals surface area contributed by atoms with E-state index in [0.29, 0.717) is 18.8 Å². The minimum absolute atomic E-state index is 0.0384. The number of aryl methyl sites for hydroxylation is 1. The van der Waals surface area contributed by atoms with E-state index in [-0.39, 0.29) is 5.75 Å². The molecule has 1 rings (SSSR count). The molecule has 0 unspecified atom stereocenters. The Morgan fingerprint density at radius 1 is 1.39 bits per heavy atom. The van der Waals surface area contributed by atoms with Gasteiger partial charge in [0.25, 0.3) is 0 Å². The number of nitrogens with two attached hydrogens (primary N) is 1. The molecule has 5 nitrogen and oxygen atoms in total. The Morgan fingerprint density at radius 2 is 2.06 bits per heavy atom. The average Bonchev–Trinajstić information content (AvgIpc) is 2.25. The molecule has 0 spiro atoms. The van der Waals surface area contributed by atoms with Crippen LogP contribution in [0.1, 0.15) is 12.5 Å². The number of sulfonamides is 1. The molecule has 4 N–H and O–H groups in total. The SMILES string of the molecule is CCNS(=O)(=O)CCNc1cc(C)c(N)cc1Br. The highest BCUT2D eigenvalue weighted by Gasteiger charge is 2.09. The Bertz CT molecular complexity index is 517. The van der Waals surface area contributed by atoms with Crippen molar-refractivity contribution < 1.29 is 8.42 Å². The molecule has 0 heterocycles. The Kier molecular flexibility index (Phi) is 5.43. The normalized spacial score (nSPS) is 11.5. The Hall–Kier alpha value is -0.790. The summed E-state index contributed by atoms with van der Waals surface area (Å²) in [6, 6.07) is 3.69. The van der Waals surface area contributed by atoms with Gasteiger partial charge in [0.1, 0.15) is 0 Å². The van der Waals surface area contributed by atoms with Gasteiger partial charge in [-0.3, -0.25) is 0 Å².